The third-order valence-corrected chi connectivity index (χ3v) is 3.23. The zero-order valence-corrected chi connectivity index (χ0v) is 11.7. The molecule has 0 aliphatic carbocycles. The Morgan fingerprint density at radius 1 is 1.25 bits per heavy atom. The lowest BCUT2D eigenvalue weighted by atomic mass is 10.2. The van der Waals surface area contributed by atoms with Crippen molar-refractivity contribution in [3.63, 3.8) is 0 Å². The van der Waals surface area contributed by atoms with Gasteiger partial charge >= 0.3 is 5.97 Å². The Kier molecular flexibility index (Phi) is 4.01. The average molecular weight is 314 g/mol. The Morgan fingerprint density at radius 3 is 2.30 bits per heavy atom. The third-order valence-electron chi connectivity index (χ3n) is 2.63. The smallest absolute Gasteiger partial charge is 0.335 e. The second-order valence-corrected chi connectivity index (χ2v) is 4.78. The fourth-order valence-electron chi connectivity index (χ4n) is 1.62. The number of carboxylic acid groups (broad SMARTS) is 1. The number of anilines is 1. The molecule has 0 aliphatic rings. The van der Waals surface area contributed by atoms with E-state index < -0.39 is 11.9 Å². The van der Waals surface area contributed by atoms with Crippen LogP contribution in [-0.4, -0.2) is 17.0 Å². The van der Waals surface area contributed by atoms with Crippen molar-refractivity contribution in [3.8, 4) is 0 Å². The van der Waals surface area contributed by atoms with Crippen molar-refractivity contribution in [2.45, 2.75) is 6.92 Å². The first-order chi connectivity index (χ1) is 9.40. The number of nitrogens with one attached hydrogen (secondary N) is 1. The van der Waals surface area contributed by atoms with E-state index in [1.165, 1.54) is 24.5 Å². The van der Waals surface area contributed by atoms with Gasteiger partial charge in [-0.05, 0) is 25.1 Å². The number of carboxylic acids is 1. The van der Waals surface area contributed by atoms with E-state index in [1.807, 2.05) is 0 Å². The van der Waals surface area contributed by atoms with Crippen molar-refractivity contribution in [2.75, 3.05) is 5.32 Å². The van der Waals surface area contributed by atoms with Gasteiger partial charge in [-0.3, -0.25) is 4.79 Å². The van der Waals surface area contributed by atoms with E-state index >= 15 is 0 Å². The summed E-state index contributed by atoms with van der Waals surface area (Å²) in [5, 5.41) is 11.5. The van der Waals surface area contributed by atoms with Gasteiger partial charge in [0, 0.05) is 0 Å². The first kappa shape index (κ1) is 14.4. The van der Waals surface area contributed by atoms with Gasteiger partial charge in [-0.15, -0.1) is 0 Å². The number of rotatable bonds is 3. The quantitative estimate of drug-likeness (QED) is 0.902. The summed E-state index contributed by atoms with van der Waals surface area (Å²) in [7, 11) is 0. The molecule has 1 amide bonds. The molecule has 20 heavy (non-hydrogen) atoms. The number of carbonyl (C=O) groups excluding carboxylic acids is 1. The highest BCUT2D eigenvalue weighted by molar-refractivity contribution is 6.40. The Labute approximate surface area is 124 Å². The minimum absolute atomic E-state index is 0.0457. The van der Waals surface area contributed by atoms with Crippen LogP contribution in [0.2, 0.25) is 10.0 Å². The number of benzene rings is 1. The number of amides is 1. The van der Waals surface area contributed by atoms with Crippen molar-refractivity contribution in [1.82, 2.24) is 0 Å². The molecule has 0 aliphatic heterocycles. The summed E-state index contributed by atoms with van der Waals surface area (Å²) in [5.41, 5.74) is 0.445. The molecule has 2 N–H and O–H groups in total. The van der Waals surface area contributed by atoms with E-state index in [0.29, 0.717) is 11.3 Å². The molecule has 1 aromatic carbocycles. The Bertz CT molecular complexity index is 670. The highest BCUT2D eigenvalue weighted by Crippen LogP contribution is 2.32. The molecule has 2 aromatic rings. The number of hydrogen-bond acceptors (Lipinski definition) is 3. The van der Waals surface area contributed by atoms with Crippen LogP contribution in [0.1, 0.15) is 26.5 Å². The van der Waals surface area contributed by atoms with E-state index in [-0.39, 0.29) is 21.3 Å². The number of hydrogen-bond donors (Lipinski definition) is 2. The second kappa shape index (κ2) is 5.56. The molecule has 1 heterocycles. The molecule has 104 valence electrons. The van der Waals surface area contributed by atoms with Crippen molar-refractivity contribution >= 4 is 40.8 Å². The van der Waals surface area contributed by atoms with Gasteiger partial charge < -0.3 is 14.8 Å². The van der Waals surface area contributed by atoms with Gasteiger partial charge in [-0.1, -0.05) is 23.2 Å². The van der Waals surface area contributed by atoms with Gasteiger partial charge in [0.15, 0.2) is 0 Å². The van der Waals surface area contributed by atoms with Crippen LogP contribution in [0.3, 0.4) is 0 Å². The van der Waals surface area contributed by atoms with Crippen LogP contribution < -0.4 is 5.32 Å². The van der Waals surface area contributed by atoms with Crippen LogP contribution in [0.25, 0.3) is 0 Å². The van der Waals surface area contributed by atoms with Gasteiger partial charge in [0.05, 0.1) is 33.1 Å². The Hall–Kier alpha value is -1.98. The number of aromatic carboxylic acids is 1. The Balaban J connectivity index is 2.33. The van der Waals surface area contributed by atoms with E-state index in [4.69, 9.17) is 32.7 Å². The predicted octanol–water partition coefficient (Wildman–Crippen LogP) is 3.85. The topological polar surface area (TPSA) is 79.5 Å². The average Bonchev–Trinajstić information content (AvgIpc) is 2.79. The lowest BCUT2D eigenvalue weighted by Crippen LogP contribution is -2.13. The zero-order valence-electron chi connectivity index (χ0n) is 10.2. The lowest BCUT2D eigenvalue weighted by molar-refractivity contribution is 0.0696. The van der Waals surface area contributed by atoms with Crippen LogP contribution in [0.4, 0.5) is 5.69 Å². The molecule has 0 bridgehead atoms. The SMILES string of the molecule is Cc1occc1C(=O)Nc1c(Cl)cc(C(=O)O)cc1Cl. The lowest BCUT2D eigenvalue weighted by Gasteiger charge is -2.10. The summed E-state index contributed by atoms with van der Waals surface area (Å²) in [4.78, 5) is 22.9. The van der Waals surface area contributed by atoms with Crippen molar-refractivity contribution in [2.24, 2.45) is 0 Å². The second-order valence-electron chi connectivity index (χ2n) is 3.96. The molecule has 0 saturated heterocycles. The van der Waals surface area contributed by atoms with Gasteiger partial charge in [-0.2, -0.15) is 0 Å². The first-order valence-electron chi connectivity index (χ1n) is 5.48. The molecule has 0 spiro atoms. The van der Waals surface area contributed by atoms with E-state index in [2.05, 4.69) is 5.32 Å². The molecule has 0 fully saturated rings. The number of halogens is 2. The standard InChI is InChI=1S/C13H9Cl2NO4/c1-6-8(2-3-20-6)12(17)16-11-9(14)4-7(13(18)19)5-10(11)15/h2-5H,1H3,(H,16,17)(H,18,19). The minimum Gasteiger partial charge on any atom is -0.478 e. The molecule has 0 unspecified atom stereocenters. The fraction of sp³-hybridized carbons (Fsp3) is 0.0769. The summed E-state index contributed by atoms with van der Waals surface area (Å²) < 4.78 is 5.03. The van der Waals surface area contributed by atoms with Crippen LogP contribution in [0.15, 0.2) is 28.9 Å². The molecule has 2 rings (SSSR count). The van der Waals surface area contributed by atoms with Crippen LogP contribution >= 0.6 is 23.2 Å². The van der Waals surface area contributed by atoms with Crippen molar-refractivity contribution < 1.29 is 19.1 Å². The number of carbonyl (C=O) groups is 2. The van der Waals surface area contributed by atoms with Crippen molar-refractivity contribution in [1.29, 1.82) is 0 Å². The highest BCUT2D eigenvalue weighted by atomic mass is 35.5. The van der Waals surface area contributed by atoms with Gasteiger partial charge in [0.2, 0.25) is 0 Å². The molecule has 7 heteroatoms. The maximum atomic E-state index is 12.0. The molecule has 5 nitrogen and oxygen atoms in total. The molecular formula is C13H9Cl2NO4. The van der Waals surface area contributed by atoms with Gasteiger partial charge in [0.25, 0.3) is 5.91 Å². The summed E-state index contributed by atoms with van der Waals surface area (Å²) in [6, 6.07) is 3.94. The number of furan rings is 1. The summed E-state index contributed by atoms with van der Waals surface area (Å²) in [6.45, 7) is 1.64. The largest absolute Gasteiger partial charge is 0.478 e. The zero-order chi connectivity index (χ0) is 14.9. The normalized spacial score (nSPS) is 10.3. The maximum Gasteiger partial charge on any atom is 0.335 e. The molecule has 0 atom stereocenters. The van der Waals surface area contributed by atoms with E-state index in [9.17, 15) is 9.59 Å². The van der Waals surface area contributed by atoms with E-state index in [1.54, 1.807) is 6.92 Å². The molecule has 0 radical (unpaired) electrons. The minimum atomic E-state index is -1.16. The Morgan fingerprint density at radius 2 is 1.85 bits per heavy atom. The van der Waals surface area contributed by atoms with Crippen molar-refractivity contribution in [3.05, 3.63) is 51.4 Å². The highest BCUT2D eigenvalue weighted by Gasteiger charge is 2.17. The maximum absolute atomic E-state index is 12.0. The van der Waals surface area contributed by atoms with Crippen LogP contribution in [0, 0.1) is 6.92 Å². The summed E-state index contributed by atoms with van der Waals surface area (Å²) in [6.07, 6.45) is 1.39. The van der Waals surface area contributed by atoms with Gasteiger partial charge in [0.1, 0.15) is 5.76 Å². The monoisotopic (exact) mass is 313 g/mol. The van der Waals surface area contributed by atoms with Crippen LogP contribution in [-0.2, 0) is 0 Å². The molecule has 1 aromatic heterocycles. The van der Waals surface area contributed by atoms with E-state index in [0.717, 1.165) is 0 Å². The fourth-order valence-corrected chi connectivity index (χ4v) is 2.20. The van der Waals surface area contributed by atoms with Gasteiger partial charge in [-0.25, -0.2) is 4.79 Å². The van der Waals surface area contributed by atoms with Crippen LogP contribution in [0.5, 0.6) is 0 Å². The molecule has 0 saturated carbocycles. The number of aryl methyl sites for hydroxylation is 1. The predicted molar refractivity (Wildman–Crippen MR) is 74.8 cm³/mol. The summed E-state index contributed by atoms with van der Waals surface area (Å²) in [5.74, 6) is -1.14. The third kappa shape index (κ3) is 2.79. The summed E-state index contributed by atoms with van der Waals surface area (Å²) >= 11 is 11.9. The first-order valence-corrected chi connectivity index (χ1v) is 6.23. The molecular weight excluding hydrogens is 305 g/mol.